The molecule has 2 amide bonds. The summed E-state index contributed by atoms with van der Waals surface area (Å²) in [6.45, 7) is 0. The van der Waals surface area contributed by atoms with E-state index in [0.717, 1.165) is 11.4 Å². The van der Waals surface area contributed by atoms with Crippen LogP contribution in [0.25, 0.3) is 0 Å². The van der Waals surface area contributed by atoms with E-state index in [2.05, 4.69) is 10.6 Å². The van der Waals surface area contributed by atoms with Crippen LogP contribution in [0.3, 0.4) is 0 Å². The number of nitrogens with one attached hydrogen (secondary N) is 2. The van der Waals surface area contributed by atoms with Gasteiger partial charge in [0.05, 0.1) is 12.7 Å². The van der Waals surface area contributed by atoms with Crippen LogP contribution < -0.4 is 15.4 Å². The van der Waals surface area contributed by atoms with Gasteiger partial charge in [-0.2, -0.15) is 0 Å². The summed E-state index contributed by atoms with van der Waals surface area (Å²) < 4.78 is 4.96. The van der Waals surface area contributed by atoms with E-state index in [4.69, 9.17) is 4.74 Å². The zero-order valence-electron chi connectivity index (χ0n) is 18.1. The molecule has 0 aromatic heterocycles. The number of ether oxygens (including phenoxy) is 1. The van der Waals surface area contributed by atoms with E-state index in [-0.39, 0.29) is 23.1 Å². The Hall–Kier alpha value is -4.58. The maximum Gasteiger partial charge on any atom is 0.323 e. The Morgan fingerprint density at radius 2 is 1.18 bits per heavy atom. The Morgan fingerprint density at radius 3 is 1.64 bits per heavy atom. The summed E-state index contributed by atoms with van der Waals surface area (Å²) in [4.78, 5) is 23.6. The molecule has 0 unspecified atom stereocenters. The second-order valence-corrected chi connectivity index (χ2v) is 6.89. The van der Waals surface area contributed by atoms with Gasteiger partial charge < -0.3 is 20.5 Å². The third kappa shape index (κ3) is 6.97. The van der Waals surface area contributed by atoms with Crippen LogP contribution in [0.15, 0.2) is 109 Å². The van der Waals surface area contributed by atoms with Gasteiger partial charge in [-0.05, 0) is 36.4 Å². The van der Waals surface area contributed by atoms with Gasteiger partial charge in [-0.15, -0.1) is 0 Å². The van der Waals surface area contributed by atoms with Crippen LogP contribution in [-0.2, 0) is 0 Å². The average molecular weight is 440 g/mol. The third-order valence-electron chi connectivity index (χ3n) is 4.55. The van der Waals surface area contributed by atoms with Crippen molar-refractivity contribution in [1.82, 2.24) is 0 Å². The Kier molecular flexibility index (Phi) is 8.20. The number of phenols is 1. The highest BCUT2D eigenvalue weighted by Gasteiger charge is 2.13. The number of benzene rings is 4. The number of hydrogen-bond acceptors (Lipinski definition) is 4. The smallest absolute Gasteiger partial charge is 0.323 e. The van der Waals surface area contributed by atoms with Gasteiger partial charge in [0.1, 0.15) is 11.5 Å². The first kappa shape index (κ1) is 23.1. The molecular formula is C27H24N2O4. The number of rotatable bonds is 5. The van der Waals surface area contributed by atoms with Crippen molar-refractivity contribution in [2.24, 2.45) is 0 Å². The fraction of sp³-hybridized carbons (Fsp3) is 0.0370. The lowest BCUT2D eigenvalue weighted by atomic mass is 10.0. The van der Waals surface area contributed by atoms with Crippen molar-refractivity contribution < 1.29 is 19.4 Å². The summed E-state index contributed by atoms with van der Waals surface area (Å²) in [5.41, 5.74) is 2.37. The Morgan fingerprint density at radius 1 is 0.697 bits per heavy atom. The Bertz CT molecular complexity index is 1140. The van der Waals surface area contributed by atoms with Crippen LogP contribution in [0.5, 0.6) is 11.5 Å². The molecule has 4 aromatic carbocycles. The van der Waals surface area contributed by atoms with Gasteiger partial charge >= 0.3 is 6.03 Å². The molecule has 3 N–H and O–H groups in total. The van der Waals surface area contributed by atoms with Crippen molar-refractivity contribution in [2.75, 3.05) is 17.7 Å². The lowest BCUT2D eigenvalue weighted by Gasteiger charge is -2.06. The van der Waals surface area contributed by atoms with E-state index in [1.807, 2.05) is 66.7 Å². The molecule has 6 nitrogen and oxygen atoms in total. The molecule has 4 rings (SSSR count). The van der Waals surface area contributed by atoms with Crippen LogP contribution in [-0.4, -0.2) is 24.0 Å². The molecule has 0 heterocycles. The minimum atomic E-state index is -0.239. The standard InChI is InChI=1S/C14H12O3.C13H12N2O/c1-17-11-7-8-12(13(15)9-11)14(16)10-5-3-2-4-6-10;16-13(14-11-7-3-1-4-8-11)15-12-9-5-2-6-10-12/h2-9,15H,1H3;1-10H,(H2,14,15,16). The summed E-state index contributed by atoms with van der Waals surface area (Å²) in [7, 11) is 1.51. The first-order valence-corrected chi connectivity index (χ1v) is 10.2. The number of aromatic hydroxyl groups is 1. The van der Waals surface area contributed by atoms with Gasteiger partial charge in [-0.25, -0.2) is 4.79 Å². The summed E-state index contributed by atoms with van der Waals surface area (Å²) in [6.07, 6.45) is 0. The average Bonchev–Trinajstić information content (AvgIpc) is 2.85. The van der Waals surface area contributed by atoms with E-state index in [1.165, 1.54) is 13.2 Å². The van der Waals surface area contributed by atoms with Crippen molar-refractivity contribution in [1.29, 1.82) is 0 Å². The maximum atomic E-state index is 12.1. The number of anilines is 2. The summed E-state index contributed by atoms with van der Waals surface area (Å²) >= 11 is 0. The third-order valence-corrected chi connectivity index (χ3v) is 4.55. The second-order valence-electron chi connectivity index (χ2n) is 6.89. The van der Waals surface area contributed by atoms with Crippen molar-refractivity contribution in [3.05, 3.63) is 120 Å². The maximum absolute atomic E-state index is 12.1. The predicted octanol–water partition coefficient (Wildman–Crippen LogP) is 5.96. The molecule has 0 aliphatic carbocycles. The van der Waals surface area contributed by atoms with Crippen LogP contribution in [0.2, 0.25) is 0 Å². The van der Waals surface area contributed by atoms with Gasteiger partial charge in [-0.3, -0.25) is 4.79 Å². The normalized spacial score (nSPS) is 9.73. The number of carbonyl (C=O) groups excluding carboxylic acids is 2. The second kappa shape index (κ2) is 11.7. The first-order valence-electron chi connectivity index (χ1n) is 10.2. The molecule has 0 fully saturated rings. The highest BCUT2D eigenvalue weighted by Crippen LogP contribution is 2.25. The zero-order valence-corrected chi connectivity index (χ0v) is 18.1. The molecule has 6 heteroatoms. The van der Waals surface area contributed by atoms with Crippen molar-refractivity contribution in [2.45, 2.75) is 0 Å². The number of urea groups is 1. The predicted molar refractivity (Wildman–Crippen MR) is 130 cm³/mol. The first-order chi connectivity index (χ1) is 16.1. The lowest BCUT2D eigenvalue weighted by Crippen LogP contribution is -2.19. The number of methoxy groups -OCH3 is 1. The highest BCUT2D eigenvalue weighted by atomic mass is 16.5. The lowest BCUT2D eigenvalue weighted by molar-refractivity contribution is 0.103. The number of phenolic OH excluding ortho intramolecular Hbond substituents is 1. The largest absolute Gasteiger partial charge is 0.507 e. The van der Waals surface area contributed by atoms with Crippen molar-refractivity contribution in [3.8, 4) is 11.5 Å². The van der Waals surface area contributed by atoms with Gasteiger partial charge in [0.2, 0.25) is 0 Å². The highest BCUT2D eigenvalue weighted by molar-refractivity contribution is 6.10. The molecule has 4 aromatic rings. The van der Waals surface area contributed by atoms with Gasteiger partial charge in [0, 0.05) is 23.0 Å². The van der Waals surface area contributed by atoms with Crippen LogP contribution in [0, 0.1) is 0 Å². The van der Waals surface area contributed by atoms with E-state index in [9.17, 15) is 14.7 Å². The van der Waals surface area contributed by atoms with Crippen LogP contribution in [0.4, 0.5) is 16.2 Å². The summed E-state index contributed by atoms with van der Waals surface area (Å²) in [6, 6.07) is 31.9. The quantitative estimate of drug-likeness (QED) is 0.334. The molecule has 33 heavy (non-hydrogen) atoms. The topological polar surface area (TPSA) is 87.7 Å². The van der Waals surface area contributed by atoms with E-state index in [0.29, 0.717) is 11.3 Å². The molecule has 0 atom stereocenters. The van der Waals surface area contributed by atoms with E-state index in [1.54, 1.807) is 36.4 Å². The van der Waals surface area contributed by atoms with Crippen molar-refractivity contribution in [3.63, 3.8) is 0 Å². The molecule has 0 aliphatic heterocycles. The summed E-state index contributed by atoms with van der Waals surface area (Å²) in [5, 5.41) is 15.2. The molecule has 0 radical (unpaired) electrons. The number of ketones is 1. The van der Waals surface area contributed by atoms with Gasteiger partial charge in [-0.1, -0.05) is 66.7 Å². The molecule has 0 spiro atoms. The van der Waals surface area contributed by atoms with Gasteiger partial charge in [0.15, 0.2) is 5.78 Å². The fourth-order valence-electron chi connectivity index (χ4n) is 2.91. The Labute approximate surface area is 192 Å². The van der Waals surface area contributed by atoms with Crippen LogP contribution >= 0.6 is 0 Å². The number of hydrogen-bond donors (Lipinski definition) is 3. The number of amides is 2. The molecule has 0 saturated carbocycles. The molecule has 0 saturated heterocycles. The molecule has 0 bridgehead atoms. The molecule has 166 valence electrons. The monoisotopic (exact) mass is 440 g/mol. The SMILES string of the molecule is COc1ccc(C(=O)c2ccccc2)c(O)c1.O=C(Nc1ccccc1)Nc1ccccc1. The number of para-hydroxylation sites is 2. The van der Waals surface area contributed by atoms with Crippen LogP contribution in [0.1, 0.15) is 15.9 Å². The number of carbonyl (C=O) groups is 2. The summed E-state index contributed by atoms with van der Waals surface area (Å²) in [5.74, 6) is 0.246. The molecule has 0 aliphatic rings. The zero-order chi connectivity index (χ0) is 23.5. The van der Waals surface area contributed by atoms with E-state index < -0.39 is 0 Å². The Balaban J connectivity index is 0.000000186. The minimum Gasteiger partial charge on any atom is -0.507 e. The van der Waals surface area contributed by atoms with Gasteiger partial charge in [0.25, 0.3) is 0 Å². The fourth-order valence-corrected chi connectivity index (χ4v) is 2.91. The minimum absolute atomic E-state index is 0.0711. The van der Waals surface area contributed by atoms with Crippen molar-refractivity contribution >= 4 is 23.2 Å². The van der Waals surface area contributed by atoms with E-state index >= 15 is 0 Å². The molecular weight excluding hydrogens is 416 g/mol.